The first-order valence-electron chi connectivity index (χ1n) is 5.99. The Morgan fingerprint density at radius 1 is 1.35 bits per heavy atom. The van der Waals surface area contributed by atoms with Gasteiger partial charge in [-0.05, 0) is 25.0 Å². The number of carbonyl (C=O) groups is 1. The maximum atomic E-state index is 10.4. The zero-order valence-corrected chi connectivity index (χ0v) is 9.67. The molecule has 0 saturated heterocycles. The summed E-state index contributed by atoms with van der Waals surface area (Å²) in [6.07, 6.45) is 10.4. The Hall–Kier alpha value is -1.71. The molecule has 0 atom stereocenters. The van der Waals surface area contributed by atoms with Crippen LogP contribution in [0.5, 0.6) is 0 Å². The van der Waals surface area contributed by atoms with Crippen molar-refractivity contribution in [2.75, 3.05) is 0 Å². The summed E-state index contributed by atoms with van der Waals surface area (Å²) in [5.74, 6) is 0.0240. The molecule has 4 heteroatoms. The van der Waals surface area contributed by atoms with Crippen LogP contribution >= 0.6 is 0 Å². The molecule has 0 amide bonds. The van der Waals surface area contributed by atoms with Crippen LogP contribution in [0.1, 0.15) is 49.5 Å². The van der Waals surface area contributed by atoms with Crippen LogP contribution in [0.3, 0.4) is 0 Å². The van der Waals surface area contributed by atoms with Crippen LogP contribution in [0.25, 0.3) is 6.08 Å². The normalized spacial score (nSPS) is 17.4. The highest BCUT2D eigenvalue weighted by Crippen LogP contribution is 2.31. The van der Waals surface area contributed by atoms with E-state index in [1.165, 1.54) is 38.2 Å². The first-order chi connectivity index (χ1) is 8.25. The van der Waals surface area contributed by atoms with Crippen molar-refractivity contribution >= 4 is 12.0 Å². The lowest BCUT2D eigenvalue weighted by Crippen LogP contribution is -2.07. The number of carboxylic acids is 1. The molecular weight excluding hydrogens is 216 g/mol. The largest absolute Gasteiger partial charge is 0.478 e. The van der Waals surface area contributed by atoms with E-state index in [-0.39, 0.29) is 0 Å². The standard InChI is InChI=1S/C13H16N2O2/c16-13(17)7-6-12-14-9-8-11(15-12)10-4-2-1-3-5-10/h6-10H,1-5H2,(H,16,17)/b7-6+. The predicted molar refractivity (Wildman–Crippen MR) is 64.5 cm³/mol. The maximum Gasteiger partial charge on any atom is 0.328 e. The van der Waals surface area contributed by atoms with Gasteiger partial charge in [-0.3, -0.25) is 0 Å². The average molecular weight is 232 g/mol. The van der Waals surface area contributed by atoms with Gasteiger partial charge >= 0.3 is 5.97 Å². The highest BCUT2D eigenvalue weighted by Gasteiger charge is 2.16. The highest BCUT2D eigenvalue weighted by atomic mass is 16.4. The number of hydrogen-bond donors (Lipinski definition) is 1. The van der Waals surface area contributed by atoms with Crippen molar-refractivity contribution in [2.24, 2.45) is 0 Å². The van der Waals surface area contributed by atoms with Gasteiger partial charge in [0, 0.05) is 23.9 Å². The van der Waals surface area contributed by atoms with Crippen LogP contribution in [-0.4, -0.2) is 21.0 Å². The van der Waals surface area contributed by atoms with Crippen molar-refractivity contribution in [2.45, 2.75) is 38.0 Å². The van der Waals surface area contributed by atoms with Gasteiger partial charge in [-0.15, -0.1) is 0 Å². The molecule has 1 saturated carbocycles. The van der Waals surface area contributed by atoms with E-state index < -0.39 is 5.97 Å². The van der Waals surface area contributed by atoms with Gasteiger partial charge in [-0.1, -0.05) is 19.3 Å². The fourth-order valence-corrected chi connectivity index (χ4v) is 2.24. The molecule has 17 heavy (non-hydrogen) atoms. The lowest BCUT2D eigenvalue weighted by Gasteiger charge is -2.20. The molecule has 1 aromatic rings. The van der Waals surface area contributed by atoms with E-state index in [1.54, 1.807) is 6.20 Å². The second-order valence-electron chi connectivity index (χ2n) is 4.35. The molecule has 1 aromatic heterocycles. The molecule has 0 bridgehead atoms. The molecule has 0 spiro atoms. The summed E-state index contributed by atoms with van der Waals surface area (Å²) >= 11 is 0. The van der Waals surface area contributed by atoms with Crippen molar-refractivity contribution in [1.82, 2.24) is 9.97 Å². The van der Waals surface area contributed by atoms with E-state index in [9.17, 15) is 4.79 Å². The van der Waals surface area contributed by atoms with Gasteiger partial charge in [0.2, 0.25) is 0 Å². The number of aliphatic carboxylic acids is 1. The molecule has 1 N–H and O–H groups in total. The van der Waals surface area contributed by atoms with Crippen molar-refractivity contribution in [3.63, 3.8) is 0 Å². The smallest absolute Gasteiger partial charge is 0.328 e. The van der Waals surface area contributed by atoms with E-state index in [2.05, 4.69) is 9.97 Å². The highest BCUT2D eigenvalue weighted by molar-refractivity contribution is 5.84. The van der Waals surface area contributed by atoms with Crippen molar-refractivity contribution < 1.29 is 9.90 Å². The van der Waals surface area contributed by atoms with Gasteiger partial charge in [0.25, 0.3) is 0 Å². The Labute approximate surface area is 100 Å². The van der Waals surface area contributed by atoms with Gasteiger partial charge in [0.15, 0.2) is 5.82 Å². The van der Waals surface area contributed by atoms with E-state index in [0.717, 1.165) is 11.8 Å². The number of aromatic nitrogens is 2. The Bertz CT molecular complexity index is 423. The molecule has 1 fully saturated rings. The second-order valence-corrected chi connectivity index (χ2v) is 4.35. The molecule has 0 unspecified atom stereocenters. The van der Waals surface area contributed by atoms with Crippen LogP contribution in [0.15, 0.2) is 18.3 Å². The zero-order chi connectivity index (χ0) is 12.1. The van der Waals surface area contributed by atoms with Gasteiger partial charge < -0.3 is 5.11 Å². The fourth-order valence-electron chi connectivity index (χ4n) is 2.24. The summed E-state index contributed by atoms with van der Waals surface area (Å²) in [7, 11) is 0. The minimum Gasteiger partial charge on any atom is -0.478 e. The molecule has 1 aliphatic carbocycles. The quantitative estimate of drug-likeness (QED) is 0.814. The molecule has 2 rings (SSSR count). The number of hydrogen-bond acceptors (Lipinski definition) is 3. The molecule has 4 nitrogen and oxygen atoms in total. The summed E-state index contributed by atoms with van der Waals surface area (Å²) in [4.78, 5) is 18.9. The Kier molecular flexibility index (Phi) is 3.85. The zero-order valence-electron chi connectivity index (χ0n) is 9.67. The van der Waals surface area contributed by atoms with Gasteiger partial charge in [-0.2, -0.15) is 0 Å². The van der Waals surface area contributed by atoms with Crippen molar-refractivity contribution in [3.8, 4) is 0 Å². The van der Waals surface area contributed by atoms with Crippen LogP contribution in [0.2, 0.25) is 0 Å². The summed E-state index contributed by atoms with van der Waals surface area (Å²) < 4.78 is 0. The SMILES string of the molecule is O=C(O)/C=C/c1nccc(C2CCCCC2)n1. The van der Waals surface area contributed by atoms with E-state index in [4.69, 9.17) is 5.11 Å². The lowest BCUT2D eigenvalue weighted by molar-refractivity contribution is -0.131. The second kappa shape index (κ2) is 5.57. The molecule has 1 aliphatic rings. The monoisotopic (exact) mass is 232 g/mol. The van der Waals surface area contributed by atoms with E-state index in [0.29, 0.717) is 11.7 Å². The Balaban J connectivity index is 2.12. The van der Waals surface area contributed by atoms with Gasteiger partial charge in [0.05, 0.1) is 0 Å². The number of rotatable bonds is 3. The minimum atomic E-state index is -0.975. The van der Waals surface area contributed by atoms with Crippen molar-refractivity contribution in [3.05, 3.63) is 29.9 Å². The third-order valence-corrected chi connectivity index (χ3v) is 3.09. The minimum absolute atomic E-state index is 0.482. The predicted octanol–water partition coefficient (Wildman–Crippen LogP) is 2.62. The lowest BCUT2D eigenvalue weighted by atomic mass is 9.87. The van der Waals surface area contributed by atoms with Crippen LogP contribution in [0.4, 0.5) is 0 Å². The molecule has 0 radical (unpaired) electrons. The summed E-state index contributed by atoms with van der Waals surface area (Å²) in [6.45, 7) is 0. The van der Waals surface area contributed by atoms with Crippen molar-refractivity contribution in [1.29, 1.82) is 0 Å². The molecule has 0 aliphatic heterocycles. The third-order valence-electron chi connectivity index (χ3n) is 3.09. The Morgan fingerprint density at radius 3 is 2.82 bits per heavy atom. The number of carboxylic acid groups (broad SMARTS) is 1. The van der Waals surface area contributed by atoms with Crippen LogP contribution in [0, 0.1) is 0 Å². The molecule has 0 aromatic carbocycles. The van der Waals surface area contributed by atoms with E-state index >= 15 is 0 Å². The number of nitrogens with zero attached hydrogens (tertiary/aromatic N) is 2. The van der Waals surface area contributed by atoms with E-state index in [1.807, 2.05) is 6.07 Å². The third kappa shape index (κ3) is 3.37. The maximum absolute atomic E-state index is 10.4. The van der Waals surface area contributed by atoms with Gasteiger partial charge in [-0.25, -0.2) is 14.8 Å². The summed E-state index contributed by atoms with van der Waals surface area (Å²) in [5, 5.41) is 8.55. The first kappa shape index (κ1) is 11.8. The Morgan fingerprint density at radius 2 is 2.12 bits per heavy atom. The van der Waals surface area contributed by atoms with Gasteiger partial charge in [0.1, 0.15) is 0 Å². The van der Waals surface area contributed by atoms with Crippen LogP contribution in [-0.2, 0) is 4.79 Å². The average Bonchev–Trinajstić information content (AvgIpc) is 2.38. The molecular formula is C13H16N2O2. The first-order valence-corrected chi connectivity index (χ1v) is 5.99. The fraction of sp³-hybridized carbons (Fsp3) is 0.462. The molecule has 90 valence electrons. The molecule has 1 heterocycles. The summed E-state index contributed by atoms with van der Waals surface area (Å²) in [6, 6.07) is 1.94. The topological polar surface area (TPSA) is 63.1 Å². The summed E-state index contributed by atoms with van der Waals surface area (Å²) in [5.41, 5.74) is 1.05. The van der Waals surface area contributed by atoms with Crippen LogP contribution < -0.4 is 0 Å².